The zero-order valence-electron chi connectivity index (χ0n) is 12.0. The van der Waals surface area contributed by atoms with Gasteiger partial charge in [-0.1, -0.05) is 29.8 Å². The molecule has 1 saturated carbocycles. The predicted molar refractivity (Wildman–Crippen MR) is 81.5 cm³/mol. The Hall–Kier alpha value is -0.870. The van der Waals surface area contributed by atoms with Gasteiger partial charge >= 0.3 is 0 Å². The summed E-state index contributed by atoms with van der Waals surface area (Å²) >= 11 is 0. The van der Waals surface area contributed by atoms with Crippen molar-refractivity contribution < 1.29 is 8.42 Å². The van der Waals surface area contributed by atoms with Crippen LogP contribution in [0.1, 0.15) is 42.9 Å². The lowest BCUT2D eigenvalue weighted by Crippen LogP contribution is -2.34. The topological polar surface area (TPSA) is 46.2 Å². The van der Waals surface area contributed by atoms with Gasteiger partial charge in [-0.2, -0.15) is 0 Å². The maximum absolute atomic E-state index is 11.9. The minimum absolute atomic E-state index is 0.172. The van der Waals surface area contributed by atoms with Crippen LogP contribution >= 0.6 is 0 Å². The Kier molecular flexibility index (Phi) is 3.87. The second-order valence-electron chi connectivity index (χ2n) is 6.27. The van der Waals surface area contributed by atoms with Crippen molar-refractivity contribution in [3.05, 3.63) is 35.4 Å². The van der Waals surface area contributed by atoms with Crippen LogP contribution in [0.25, 0.3) is 0 Å². The largest absolute Gasteiger partial charge is 0.308 e. The van der Waals surface area contributed by atoms with Gasteiger partial charge < -0.3 is 5.32 Å². The van der Waals surface area contributed by atoms with Crippen molar-refractivity contribution in [2.75, 3.05) is 12.3 Å². The van der Waals surface area contributed by atoms with Crippen LogP contribution in [-0.4, -0.2) is 26.0 Å². The summed E-state index contributed by atoms with van der Waals surface area (Å²) in [4.78, 5) is 0. The molecule has 20 heavy (non-hydrogen) atoms. The molecule has 0 radical (unpaired) electrons. The SMILES string of the molecule is Cc1ccc(C(NCC2CCCS2(=O)=O)C2CC2)cc1. The van der Waals surface area contributed by atoms with Crippen LogP contribution in [0.4, 0.5) is 0 Å². The van der Waals surface area contributed by atoms with Gasteiger partial charge in [0, 0.05) is 12.6 Å². The van der Waals surface area contributed by atoms with Gasteiger partial charge in [0.1, 0.15) is 0 Å². The quantitative estimate of drug-likeness (QED) is 0.907. The van der Waals surface area contributed by atoms with Crippen molar-refractivity contribution in [1.29, 1.82) is 0 Å². The fourth-order valence-electron chi connectivity index (χ4n) is 3.11. The first-order valence-electron chi connectivity index (χ1n) is 7.58. The zero-order chi connectivity index (χ0) is 14.2. The van der Waals surface area contributed by atoms with Crippen LogP contribution < -0.4 is 5.32 Å². The third kappa shape index (κ3) is 3.07. The second kappa shape index (κ2) is 5.49. The van der Waals surface area contributed by atoms with Crippen LogP contribution in [-0.2, 0) is 9.84 Å². The Morgan fingerprint density at radius 2 is 1.90 bits per heavy atom. The molecule has 1 aliphatic heterocycles. The third-order valence-electron chi connectivity index (χ3n) is 4.56. The van der Waals surface area contributed by atoms with Gasteiger partial charge in [-0.3, -0.25) is 0 Å². The van der Waals surface area contributed by atoms with E-state index in [1.165, 1.54) is 24.0 Å². The molecule has 2 unspecified atom stereocenters. The normalized spacial score (nSPS) is 26.6. The van der Waals surface area contributed by atoms with E-state index in [0.717, 1.165) is 12.8 Å². The van der Waals surface area contributed by atoms with E-state index in [4.69, 9.17) is 0 Å². The van der Waals surface area contributed by atoms with Crippen LogP contribution in [0.5, 0.6) is 0 Å². The number of rotatable bonds is 5. The fourth-order valence-corrected chi connectivity index (χ4v) is 4.88. The lowest BCUT2D eigenvalue weighted by molar-refractivity contribution is 0.470. The lowest BCUT2D eigenvalue weighted by atomic mass is 10.0. The fraction of sp³-hybridized carbons (Fsp3) is 0.625. The molecule has 0 amide bonds. The number of sulfone groups is 1. The highest BCUT2D eigenvalue weighted by Gasteiger charge is 2.35. The smallest absolute Gasteiger partial charge is 0.154 e. The maximum Gasteiger partial charge on any atom is 0.154 e. The molecule has 4 heteroatoms. The first-order valence-corrected chi connectivity index (χ1v) is 9.29. The van der Waals surface area contributed by atoms with Crippen LogP contribution in [0.3, 0.4) is 0 Å². The van der Waals surface area contributed by atoms with Gasteiger partial charge in [-0.15, -0.1) is 0 Å². The molecule has 2 aliphatic rings. The molecule has 1 N–H and O–H groups in total. The lowest BCUT2D eigenvalue weighted by Gasteiger charge is -2.21. The molecule has 0 spiro atoms. The summed E-state index contributed by atoms with van der Waals surface area (Å²) in [7, 11) is -2.84. The summed E-state index contributed by atoms with van der Waals surface area (Å²) in [6.07, 6.45) is 4.15. The van der Waals surface area contributed by atoms with Crippen LogP contribution in [0.2, 0.25) is 0 Å². The van der Waals surface area contributed by atoms with E-state index in [-0.39, 0.29) is 5.25 Å². The Morgan fingerprint density at radius 3 is 2.45 bits per heavy atom. The minimum atomic E-state index is -2.84. The average molecular weight is 293 g/mol. The van der Waals surface area contributed by atoms with E-state index in [0.29, 0.717) is 24.3 Å². The molecule has 1 aliphatic carbocycles. The van der Waals surface area contributed by atoms with Crippen molar-refractivity contribution in [3.63, 3.8) is 0 Å². The molecule has 1 heterocycles. The van der Waals surface area contributed by atoms with Crippen LogP contribution in [0.15, 0.2) is 24.3 Å². The molecule has 3 rings (SSSR count). The summed E-state index contributed by atoms with van der Waals surface area (Å²) < 4.78 is 23.8. The number of aryl methyl sites for hydroxylation is 1. The molecule has 1 aromatic rings. The average Bonchev–Trinajstić information content (AvgIpc) is 3.18. The van der Waals surface area contributed by atoms with Crippen molar-refractivity contribution in [3.8, 4) is 0 Å². The molecule has 1 aromatic carbocycles. The van der Waals surface area contributed by atoms with E-state index < -0.39 is 9.84 Å². The van der Waals surface area contributed by atoms with E-state index in [1.807, 2.05) is 0 Å². The Labute approximate surface area is 121 Å². The summed E-state index contributed by atoms with van der Waals surface area (Å²) in [5.41, 5.74) is 2.56. The molecule has 0 aromatic heterocycles. The van der Waals surface area contributed by atoms with E-state index in [2.05, 4.69) is 36.5 Å². The number of benzene rings is 1. The van der Waals surface area contributed by atoms with Gasteiger partial charge in [0.15, 0.2) is 9.84 Å². The summed E-state index contributed by atoms with van der Waals surface area (Å²) in [5.74, 6) is 1.06. The molecule has 3 nitrogen and oxygen atoms in total. The van der Waals surface area contributed by atoms with E-state index >= 15 is 0 Å². The molecule has 2 atom stereocenters. The Bertz CT molecular complexity index is 561. The minimum Gasteiger partial charge on any atom is -0.308 e. The first kappa shape index (κ1) is 14.1. The number of nitrogens with one attached hydrogen (secondary N) is 1. The van der Waals surface area contributed by atoms with E-state index in [9.17, 15) is 8.42 Å². The van der Waals surface area contributed by atoms with Gasteiger partial charge in [0.05, 0.1) is 11.0 Å². The highest BCUT2D eigenvalue weighted by Crippen LogP contribution is 2.41. The second-order valence-corrected chi connectivity index (χ2v) is 8.67. The summed E-state index contributed by atoms with van der Waals surface area (Å²) in [5, 5.41) is 3.36. The highest BCUT2D eigenvalue weighted by atomic mass is 32.2. The van der Waals surface area contributed by atoms with Gasteiger partial charge in [-0.05, 0) is 44.1 Å². The van der Waals surface area contributed by atoms with Crippen LogP contribution in [0, 0.1) is 12.8 Å². The summed E-state index contributed by atoms with van der Waals surface area (Å²) in [6, 6.07) is 8.95. The van der Waals surface area contributed by atoms with Gasteiger partial charge in [-0.25, -0.2) is 8.42 Å². The maximum atomic E-state index is 11.9. The monoisotopic (exact) mass is 293 g/mol. The molecule has 1 saturated heterocycles. The van der Waals surface area contributed by atoms with Crippen molar-refractivity contribution >= 4 is 9.84 Å². The van der Waals surface area contributed by atoms with E-state index in [1.54, 1.807) is 0 Å². The summed E-state index contributed by atoms with van der Waals surface area (Å²) in [6.45, 7) is 2.70. The number of hydrogen-bond acceptors (Lipinski definition) is 3. The molecular weight excluding hydrogens is 270 g/mol. The Morgan fingerprint density at radius 1 is 1.20 bits per heavy atom. The van der Waals surface area contributed by atoms with Crippen molar-refractivity contribution in [2.45, 2.75) is 43.9 Å². The standard InChI is InChI=1S/C16H23NO2S/c1-12-4-6-13(7-5-12)16(14-8-9-14)17-11-15-3-2-10-20(15,18)19/h4-7,14-17H,2-3,8-11H2,1H3. The molecule has 2 fully saturated rings. The van der Waals surface area contributed by atoms with Gasteiger partial charge in [0.2, 0.25) is 0 Å². The first-order chi connectivity index (χ1) is 9.56. The molecule has 0 bridgehead atoms. The predicted octanol–water partition coefficient (Wildman–Crippen LogP) is 2.61. The Balaban J connectivity index is 1.68. The number of hydrogen-bond donors (Lipinski definition) is 1. The van der Waals surface area contributed by atoms with Gasteiger partial charge in [0.25, 0.3) is 0 Å². The molecular formula is C16H23NO2S. The highest BCUT2D eigenvalue weighted by molar-refractivity contribution is 7.92. The zero-order valence-corrected chi connectivity index (χ0v) is 12.8. The molecule has 110 valence electrons. The van der Waals surface area contributed by atoms with Crippen molar-refractivity contribution in [2.24, 2.45) is 5.92 Å². The van der Waals surface area contributed by atoms with Crippen molar-refractivity contribution in [1.82, 2.24) is 5.32 Å². The third-order valence-corrected chi connectivity index (χ3v) is 6.83.